The molecular formula is C23H26N4O4. The lowest BCUT2D eigenvalue weighted by atomic mass is 9.71. The number of fused-ring (bicyclic) bond motifs is 4. The number of rotatable bonds is 4. The van der Waals surface area contributed by atoms with Crippen LogP contribution >= 0.6 is 0 Å². The zero-order valence-electron chi connectivity index (χ0n) is 17.3. The van der Waals surface area contributed by atoms with Crippen LogP contribution in [0.15, 0.2) is 47.3 Å². The van der Waals surface area contributed by atoms with E-state index in [0.29, 0.717) is 26.1 Å². The number of piperidine rings is 3. The summed E-state index contributed by atoms with van der Waals surface area (Å²) >= 11 is 0. The SMILES string of the molecule is O=C(NCc1ccccc1)[C@H]1[C@H]2C[C@H](CN(C(=O)c3cnco3)C2)[C@@H]2CCCC(=O)N21. The number of hydrogen-bond donors (Lipinski definition) is 1. The van der Waals surface area contributed by atoms with Gasteiger partial charge in [-0.2, -0.15) is 0 Å². The molecular weight excluding hydrogens is 396 g/mol. The van der Waals surface area contributed by atoms with Gasteiger partial charge < -0.3 is 19.5 Å². The molecule has 0 radical (unpaired) electrons. The molecule has 1 aromatic carbocycles. The van der Waals surface area contributed by atoms with Gasteiger partial charge in [0.1, 0.15) is 6.04 Å². The average molecular weight is 422 g/mol. The molecule has 0 aliphatic carbocycles. The van der Waals surface area contributed by atoms with Gasteiger partial charge >= 0.3 is 0 Å². The van der Waals surface area contributed by atoms with Gasteiger partial charge in [-0.1, -0.05) is 30.3 Å². The zero-order chi connectivity index (χ0) is 21.4. The van der Waals surface area contributed by atoms with Crippen LogP contribution in [0.4, 0.5) is 0 Å². The van der Waals surface area contributed by atoms with Crippen LogP contribution < -0.4 is 5.32 Å². The van der Waals surface area contributed by atoms with E-state index in [1.807, 2.05) is 35.2 Å². The highest BCUT2D eigenvalue weighted by Gasteiger charge is 2.52. The van der Waals surface area contributed by atoms with Crippen LogP contribution in [0.25, 0.3) is 0 Å². The third kappa shape index (κ3) is 3.71. The monoisotopic (exact) mass is 422 g/mol. The number of oxazole rings is 1. The molecule has 2 bridgehead atoms. The van der Waals surface area contributed by atoms with Gasteiger partial charge in [-0.25, -0.2) is 4.98 Å². The lowest BCUT2D eigenvalue weighted by molar-refractivity contribution is -0.159. The van der Waals surface area contributed by atoms with Crippen molar-refractivity contribution in [3.63, 3.8) is 0 Å². The van der Waals surface area contributed by atoms with Crippen molar-refractivity contribution >= 4 is 17.7 Å². The minimum absolute atomic E-state index is 0.00435. The number of carbonyl (C=O) groups excluding carboxylic acids is 3. The molecule has 31 heavy (non-hydrogen) atoms. The summed E-state index contributed by atoms with van der Waals surface area (Å²) in [7, 11) is 0. The zero-order valence-corrected chi connectivity index (χ0v) is 17.3. The molecule has 0 spiro atoms. The number of likely N-dealkylation sites (tertiary alicyclic amines) is 1. The smallest absolute Gasteiger partial charge is 0.291 e. The third-order valence-electron chi connectivity index (χ3n) is 6.85. The molecule has 3 aliphatic rings. The van der Waals surface area contributed by atoms with Crippen LogP contribution in [0.5, 0.6) is 0 Å². The molecule has 4 atom stereocenters. The maximum absolute atomic E-state index is 13.3. The molecule has 4 heterocycles. The molecule has 3 aliphatic heterocycles. The van der Waals surface area contributed by atoms with Crippen LogP contribution in [-0.2, 0) is 16.1 Å². The quantitative estimate of drug-likeness (QED) is 0.811. The molecule has 1 N–H and O–H groups in total. The van der Waals surface area contributed by atoms with Crippen molar-refractivity contribution in [1.29, 1.82) is 0 Å². The van der Waals surface area contributed by atoms with E-state index in [9.17, 15) is 14.4 Å². The second-order valence-corrected chi connectivity index (χ2v) is 8.74. The predicted octanol–water partition coefficient (Wildman–Crippen LogP) is 1.83. The Morgan fingerprint density at radius 2 is 1.97 bits per heavy atom. The van der Waals surface area contributed by atoms with Crippen LogP contribution in [-0.4, -0.2) is 57.7 Å². The van der Waals surface area contributed by atoms with Crippen molar-refractivity contribution in [3.05, 3.63) is 54.2 Å². The Balaban J connectivity index is 1.39. The van der Waals surface area contributed by atoms with Gasteiger partial charge in [0.25, 0.3) is 5.91 Å². The average Bonchev–Trinajstić information content (AvgIpc) is 3.33. The number of nitrogens with one attached hydrogen (secondary N) is 1. The van der Waals surface area contributed by atoms with Crippen LogP contribution in [0.2, 0.25) is 0 Å². The van der Waals surface area contributed by atoms with Crippen molar-refractivity contribution in [2.75, 3.05) is 13.1 Å². The van der Waals surface area contributed by atoms with E-state index < -0.39 is 6.04 Å². The first-order valence-corrected chi connectivity index (χ1v) is 10.9. The van der Waals surface area contributed by atoms with Gasteiger partial charge in [0.2, 0.25) is 17.6 Å². The highest BCUT2D eigenvalue weighted by Crippen LogP contribution is 2.42. The van der Waals surface area contributed by atoms with E-state index in [1.54, 1.807) is 4.90 Å². The fourth-order valence-corrected chi connectivity index (χ4v) is 5.53. The highest BCUT2D eigenvalue weighted by molar-refractivity contribution is 5.92. The molecule has 162 valence electrons. The van der Waals surface area contributed by atoms with Gasteiger partial charge in [0.05, 0.1) is 6.20 Å². The van der Waals surface area contributed by atoms with Gasteiger partial charge in [-0.05, 0) is 30.7 Å². The molecule has 3 amide bonds. The second kappa shape index (κ2) is 8.17. The molecule has 8 heteroatoms. The fourth-order valence-electron chi connectivity index (χ4n) is 5.53. The standard InChI is InChI=1S/C23H26N4O4/c28-20-8-4-7-18-16-9-17(13-26(12-16)23(30)19-11-24-14-31-19)21(27(18)20)22(29)25-10-15-5-2-1-3-6-15/h1-3,5-6,11,14,16-18,21H,4,7-10,12-13H2,(H,25,29)/t16-,17+,18+,21-/m1/s1. The number of aromatic nitrogens is 1. The summed E-state index contributed by atoms with van der Waals surface area (Å²) in [4.78, 5) is 46.6. The van der Waals surface area contributed by atoms with Gasteiger partial charge in [0.15, 0.2) is 6.39 Å². The van der Waals surface area contributed by atoms with Crippen LogP contribution in [0.1, 0.15) is 41.8 Å². The summed E-state index contributed by atoms with van der Waals surface area (Å²) in [6.45, 7) is 1.42. The molecule has 3 fully saturated rings. The van der Waals surface area contributed by atoms with Crippen molar-refractivity contribution in [2.24, 2.45) is 11.8 Å². The summed E-state index contributed by atoms with van der Waals surface area (Å²) < 4.78 is 5.21. The van der Waals surface area contributed by atoms with E-state index in [-0.39, 0.29) is 41.4 Å². The van der Waals surface area contributed by atoms with Crippen molar-refractivity contribution in [1.82, 2.24) is 20.1 Å². The molecule has 0 unspecified atom stereocenters. The van der Waals surface area contributed by atoms with Crippen molar-refractivity contribution in [3.8, 4) is 0 Å². The van der Waals surface area contributed by atoms with E-state index in [4.69, 9.17) is 4.42 Å². The number of hydrogen-bond acceptors (Lipinski definition) is 5. The summed E-state index contributed by atoms with van der Waals surface area (Å²) in [5.74, 6) is 0.00272. The van der Waals surface area contributed by atoms with Gasteiger partial charge in [-0.15, -0.1) is 0 Å². The normalized spacial score (nSPS) is 27.5. The Morgan fingerprint density at radius 1 is 1.16 bits per heavy atom. The van der Waals surface area contributed by atoms with E-state index in [0.717, 1.165) is 24.8 Å². The number of nitrogens with zero attached hydrogens (tertiary/aromatic N) is 3. The van der Waals surface area contributed by atoms with Crippen LogP contribution in [0, 0.1) is 11.8 Å². The molecule has 0 saturated carbocycles. The second-order valence-electron chi connectivity index (χ2n) is 8.74. The topological polar surface area (TPSA) is 95.7 Å². The largest absolute Gasteiger partial charge is 0.438 e. The summed E-state index contributed by atoms with van der Waals surface area (Å²) in [5, 5.41) is 3.03. The van der Waals surface area contributed by atoms with Crippen LogP contribution in [0.3, 0.4) is 0 Å². The molecule has 2 aromatic rings. The summed E-state index contributed by atoms with van der Waals surface area (Å²) in [6.07, 6.45) is 5.70. The first kappa shape index (κ1) is 19.8. The van der Waals surface area contributed by atoms with Gasteiger partial charge in [0, 0.05) is 38.0 Å². The maximum atomic E-state index is 13.3. The Labute approximate surface area is 180 Å². The van der Waals surface area contributed by atoms with Gasteiger partial charge in [-0.3, -0.25) is 14.4 Å². The Hall–Kier alpha value is -3.16. The Morgan fingerprint density at radius 3 is 2.74 bits per heavy atom. The van der Waals surface area contributed by atoms with Crippen molar-refractivity contribution < 1.29 is 18.8 Å². The Bertz CT molecular complexity index is 961. The molecule has 8 nitrogen and oxygen atoms in total. The van der Waals surface area contributed by atoms with Crippen molar-refractivity contribution in [2.45, 2.75) is 44.3 Å². The molecule has 1 aromatic heterocycles. The summed E-state index contributed by atoms with van der Waals surface area (Å²) in [6, 6.07) is 9.18. The number of carbonyl (C=O) groups is 3. The summed E-state index contributed by atoms with van der Waals surface area (Å²) in [5.41, 5.74) is 1.01. The number of benzene rings is 1. The first-order chi connectivity index (χ1) is 15.1. The predicted molar refractivity (Wildman–Crippen MR) is 111 cm³/mol. The van der Waals surface area contributed by atoms with E-state index >= 15 is 0 Å². The minimum Gasteiger partial charge on any atom is -0.438 e. The van der Waals surface area contributed by atoms with E-state index in [2.05, 4.69) is 10.3 Å². The maximum Gasteiger partial charge on any atom is 0.291 e. The molecule has 5 rings (SSSR count). The lowest BCUT2D eigenvalue weighted by Gasteiger charge is -2.55. The number of amides is 3. The lowest BCUT2D eigenvalue weighted by Crippen LogP contribution is -2.68. The molecule has 3 saturated heterocycles. The first-order valence-electron chi connectivity index (χ1n) is 10.9. The highest BCUT2D eigenvalue weighted by atomic mass is 16.3. The fraction of sp³-hybridized carbons (Fsp3) is 0.478. The van der Waals surface area contributed by atoms with E-state index in [1.165, 1.54) is 12.6 Å². The Kier molecular flexibility index (Phi) is 5.21. The minimum atomic E-state index is -0.553. The third-order valence-corrected chi connectivity index (χ3v) is 6.85.